The number of ether oxygens (including phenoxy) is 2. The van der Waals surface area contributed by atoms with Crippen LogP contribution in [0.2, 0.25) is 0 Å². The summed E-state index contributed by atoms with van der Waals surface area (Å²) in [6, 6.07) is 19.4. The molecule has 2 aromatic heterocycles. The molecule has 0 spiro atoms. The molecule has 0 aliphatic rings. The van der Waals surface area contributed by atoms with Gasteiger partial charge in [-0.05, 0) is 29.0 Å². The monoisotopic (exact) mass is 535 g/mol. The summed E-state index contributed by atoms with van der Waals surface area (Å²) in [7, 11) is 3.21. The number of methoxy groups -OCH3 is 2. The Balaban J connectivity index is 1.43. The Kier molecular flexibility index (Phi) is 7.26. The first-order valence-electron chi connectivity index (χ1n) is 13.1. The van der Waals surface area contributed by atoms with E-state index in [0.29, 0.717) is 40.8 Å². The maximum Gasteiger partial charge on any atom is 0.247 e. The van der Waals surface area contributed by atoms with Crippen LogP contribution in [-0.2, 0) is 11.8 Å². The Hall–Kier alpha value is -4.72. The van der Waals surface area contributed by atoms with Crippen molar-refractivity contribution in [2.24, 2.45) is 0 Å². The molecule has 8 nitrogen and oxygen atoms in total. The molecule has 0 bridgehead atoms. The van der Waals surface area contributed by atoms with Gasteiger partial charge in [-0.15, -0.1) is 5.10 Å². The first-order valence-corrected chi connectivity index (χ1v) is 13.1. The Morgan fingerprint density at radius 1 is 0.975 bits per heavy atom. The fourth-order valence-electron chi connectivity index (χ4n) is 4.63. The largest absolute Gasteiger partial charge is 0.497 e. The van der Waals surface area contributed by atoms with Gasteiger partial charge in [-0.3, -0.25) is 9.78 Å². The van der Waals surface area contributed by atoms with E-state index in [2.05, 4.69) is 36.2 Å². The highest BCUT2D eigenvalue weighted by Gasteiger charge is 2.18. The van der Waals surface area contributed by atoms with Crippen LogP contribution in [0.4, 0.5) is 11.6 Å². The first-order chi connectivity index (χ1) is 19.2. The normalized spacial score (nSPS) is 11.4. The average Bonchev–Trinajstić information content (AvgIpc) is 3.36. The molecule has 0 unspecified atom stereocenters. The fraction of sp³-hybridized carbons (Fsp3) is 0.250. The number of nitrogens with zero attached hydrogens (tertiary/aromatic N) is 4. The molecule has 2 heterocycles. The van der Waals surface area contributed by atoms with Crippen molar-refractivity contribution in [3.63, 3.8) is 0 Å². The molecule has 3 aromatic carbocycles. The molecule has 40 heavy (non-hydrogen) atoms. The van der Waals surface area contributed by atoms with Crippen LogP contribution in [0.25, 0.3) is 16.9 Å². The number of ketones is 1. The molecule has 0 saturated heterocycles. The third-order valence-corrected chi connectivity index (χ3v) is 6.99. The number of hydrogen-bond acceptors (Lipinski definition) is 7. The summed E-state index contributed by atoms with van der Waals surface area (Å²) < 4.78 is 12.4. The number of Topliss-reactive ketones (excluding diaryl/α,β-unsaturated/α-hetero) is 1. The van der Waals surface area contributed by atoms with Crippen molar-refractivity contribution in [3.05, 3.63) is 95.3 Å². The average molecular weight is 536 g/mol. The lowest BCUT2D eigenvalue weighted by Gasteiger charge is -2.19. The van der Waals surface area contributed by atoms with Crippen LogP contribution in [-0.4, -0.2) is 39.6 Å². The molecule has 5 rings (SSSR count). The van der Waals surface area contributed by atoms with E-state index in [1.807, 2.05) is 61.5 Å². The van der Waals surface area contributed by atoms with Crippen molar-refractivity contribution in [1.82, 2.24) is 19.6 Å². The number of benzene rings is 3. The molecule has 0 amide bonds. The first kappa shape index (κ1) is 26.9. The summed E-state index contributed by atoms with van der Waals surface area (Å²) in [6.07, 6.45) is 3.76. The topological polar surface area (TPSA) is 90.6 Å². The molecule has 204 valence electrons. The molecule has 0 fully saturated rings. The summed E-state index contributed by atoms with van der Waals surface area (Å²) in [6.45, 7) is 8.51. The van der Waals surface area contributed by atoms with Crippen LogP contribution in [0, 0.1) is 6.92 Å². The number of rotatable bonds is 8. The summed E-state index contributed by atoms with van der Waals surface area (Å²) in [5.74, 6) is 1.79. The number of fused-ring (bicyclic) bond motifs is 1. The third-order valence-electron chi connectivity index (χ3n) is 6.99. The maximum absolute atomic E-state index is 13.2. The van der Waals surface area contributed by atoms with Gasteiger partial charge in [-0.2, -0.15) is 4.98 Å². The predicted molar refractivity (Wildman–Crippen MR) is 157 cm³/mol. The lowest BCUT2D eigenvalue weighted by atomic mass is 9.86. The van der Waals surface area contributed by atoms with Gasteiger partial charge in [-0.1, -0.05) is 63.2 Å². The molecular formula is C32H33N5O3. The van der Waals surface area contributed by atoms with Crippen molar-refractivity contribution in [2.75, 3.05) is 19.5 Å². The molecule has 8 heteroatoms. The number of nitrogens with one attached hydrogen (secondary N) is 1. The van der Waals surface area contributed by atoms with Gasteiger partial charge in [0.15, 0.2) is 11.4 Å². The van der Waals surface area contributed by atoms with Crippen LogP contribution < -0.4 is 14.8 Å². The van der Waals surface area contributed by atoms with Crippen molar-refractivity contribution >= 4 is 23.1 Å². The standard InChI is InChI=1S/C32H33N5O3/c1-20-22(16-28(38)21-10-12-23(13-11-21)32(2,3)4)8-7-9-27(20)29-30-35-31(36-37(30)15-14-33-29)34-24-17-25(39-5)19-26(18-24)40-6/h7-15,17-19H,16H2,1-6H3,(H,34,36). The second-order valence-corrected chi connectivity index (χ2v) is 10.7. The molecule has 0 atom stereocenters. The highest BCUT2D eigenvalue weighted by molar-refractivity contribution is 5.98. The lowest BCUT2D eigenvalue weighted by molar-refractivity contribution is 0.0992. The van der Waals surface area contributed by atoms with E-state index in [4.69, 9.17) is 14.5 Å². The Bertz CT molecular complexity index is 1660. The van der Waals surface area contributed by atoms with E-state index in [1.165, 1.54) is 5.56 Å². The van der Waals surface area contributed by atoms with E-state index >= 15 is 0 Å². The van der Waals surface area contributed by atoms with Crippen LogP contribution in [0.1, 0.15) is 47.8 Å². The molecule has 0 radical (unpaired) electrons. The van der Waals surface area contributed by atoms with Gasteiger partial charge in [0.05, 0.1) is 14.2 Å². The van der Waals surface area contributed by atoms with Gasteiger partial charge >= 0.3 is 0 Å². The lowest BCUT2D eigenvalue weighted by Crippen LogP contribution is -2.12. The second-order valence-electron chi connectivity index (χ2n) is 10.7. The fourth-order valence-corrected chi connectivity index (χ4v) is 4.63. The van der Waals surface area contributed by atoms with E-state index in [1.54, 1.807) is 37.2 Å². The quantitative estimate of drug-likeness (QED) is 0.224. The van der Waals surface area contributed by atoms with Gasteiger partial charge in [0.1, 0.15) is 17.2 Å². The van der Waals surface area contributed by atoms with E-state index < -0.39 is 0 Å². The Labute approximate surface area is 234 Å². The van der Waals surface area contributed by atoms with Crippen LogP contribution in [0.3, 0.4) is 0 Å². The van der Waals surface area contributed by atoms with Crippen LogP contribution in [0.15, 0.2) is 73.1 Å². The highest BCUT2D eigenvalue weighted by atomic mass is 16.5. The van der Waals surface area contributed by atoms with Crippen molar-refractivity contribution < 1.29 is 14.3 Å². The number of carbonyl (C=O) groups is 1. The number of anilines is 2. The summed E-state index contributed by atoms with van der Waals surface area (Å²) in [5, 5.41) is 7.82. The van der Waals surface area contributed by atoms with Gasteiger partial charge in [0.25, 0.3) is 0 Å². The molecule has 0 aliphatic carbocycles. The number of aromatic nitrogens is 4. The van der Waals surface area contributed by atoms with Gasteiger partial charge in [0.2, 0.25) is 5.95 Å². The zero-order chi connectivity index (χ0) is 28.4. The minimum absolute atomic E-state index is 0.0401. The van der Waals surface area contributed by atoms with Crippen molar-refractivity contribution in [3.8, 4) is 22.8 Å². The number of hydrogen-bond donors (Lipinski definition) is 1. The van der Waals surface area contributed by atoms with E-state index in [-0.39, 0.29) is 11.2 Å². The molecule has 0 saturated carbocycles. The minimum atomic E-state index is 0.0401. The van der Waals surface area contributed by atoms with Crippen LogP contribution >= 0.6 is 0 Å². The predicted octanol–water partition coefficient (Wildman–Crippen LogP) is 6.58. The summed E-state index contributed by atoms with van der Waals surface area (Å²) >= 11 is 0. The van der Waals surface area contributed by atoms with Gasteiger partial charge in [-0.25, -0.2) is 4.52 Å². The SMILES string of the molecule is COc1cc(Nc2nc3c(-c4cccc(CC(=O)c5ccc(C(C)(C)C)cc5)c4C)nccn3n2)cc(OC)c1. The Morgan fingerprint density at radius 2 is 1.68 bits per heavy atom. The van der Waals surface area contributed by atoms with Crippen molar-refractivity contribution in [1.29, 1.82) is 0 Å². The zero-order valence-electron chi connectivity index (χ0n) is 23.6. The molecule has 0 aliphatic heterocycles. The van der Waals surface area contributed by atoms with Gasteiger partial charge < -0.3 is 14.8 Å². The minimum Gasteiger partial charge on any atom is -0.497 e. The molecule has 1 N–H and O–H groups in total. The zero-order valence-corrected chi connectivity index (χ0v) is 23.6. The second kappa shape index (κ2) is 10.8. The van der Waals surface area contributed by atoms with Crippen molar-refractivity contribution in [2.45, 2.75) is 39.5 Å². The van der Waals surface area contributed by atoms with E-state index in [0.717, 1.165) is 22.4 Å². The summed E-state index contributed by atoms with van der Waals surface area (Å²) in [5.41, 5.74) is 6.81. The Morgan fingerprint density at radius 3 is 2.33 bits per heavy atom. The third kappa shape index (κ3) is 5.52. The maximum atomic E-state index is 13.2. The number of carbonyl (C=O) groups excluding carboxylic acids is 1. The highest BCUT2D eigenvalue weighted by Crippen LogP contribution is 2.30. The molecule has 5 aromatic rings. The van der Waals surface area contributed by atoms with E-state index in [9.17, 15) is 4.79 Å². The smallest absolute Gasteiger partial charge is 0.247 e. The van der Waals surface area contributed by atoms with Gasteiger partial charge in [0, 0.05) is 53.8 Å². The summed E-state index contributed by atoms with van der Waals surface area (Å²) in [4.78, 5) is 22.6. The van der Waals surface area contributed by atoms with Crippen LogP contribution in [0.5, 0.6) is 11.5 Å². The molecular weight excluding hydrogens is 502 g/mol.